The third kappa shape index (κ3) is 6.48. The highest BCUT2D eigenvalue weighted by atomic mass is 19.4. The first kappa shape index (κ1) is 28.3. The number of fused-ring (bicyclic) bond motifs is 1. The van der Waals surface area contributed by atoms with Gasteiger partial charge in [0.05, 0.1) is 16.7 Å². The number of hydrogen-bond acceptors (Lipinski definition) is 5. The van der Waals surface area contributed by atoms with Crippen molar-refractivity contribution in [1.82, 2.24) is 15.2 Å². The first-order valence-corrected chi connectivity index (χ1v) is 13.8. The summed E-state index contributed by atoms with van der Waals surface area (Å²) >= 11 is 0. The fraction of sp³-hybridized carbons (Fsp3) is 0.786. The lowest BCUT2D eigenvalue weighted by Gasteiger charge is -2.40. The molecular weight excluding hydrogens is 483 g/mol. The Bertz CT molecular complexity index is 933. The maximum Gasteiger partial charge on any atom is 0.418 e. The molecule has 1 saturated carbocycles. The molecular formula is C28H42F3N3O3. The van der Waals surface area contributed by atoms with Gasteiger partial charge < -0.3 is 19.7 Å². The number of aryl methyl sites for hydroxylation is 1. The number of ether oxygens (including phenoxy) is 2. The zero-order chi connectivity index (χ0) is 26.6. The van der Waals surface area contributed by atoms with Crippen LogP contribution in [0.5, 0.6) is 0 Å². The SMILES string of the molecule is COCCCCc1nc2c(cc1C(F)(F)F)CN(C(=O)[C@@]1(C(C)C)CC[C@H](NC3CCOCC3)C1)CC2. The van der Waals surface area contributed by atoms with E-state index in [4.69, 9.17) is 9.47 Å². The summed E-state index contributed by atoms with van der Waals surface area (Å²) in [6.07, 6.45) is 2.07. The van der Waals surface area contributed by atoms with E-state index in [1.165, 1.54) is 6.07 Å². The van der Waals surface area contributed by atoms with Crippen molar-refractivity contribution in [2.24, 2.45) is 11.3 Å². The van der Waals surface area contributed by atoms with E-state index in [0.29, 0.717) is 49.7 Å². The Labute approximate surface area is 218 Å². The van der Waals surface area contributed by atoms with Crippen LogP contribution in [0.1, 0.15) is 81.3 Å². The van der Waals surface area contributed by atoms with Gasteiger partial charge in [0.1, 0.15) is 0 Å². The van der Waals surface area contributed by atoms with Gasteiger partial charge in [-0.15, -0.1) is 0 Å². The summed E-state index contributed by atoms with van der Waals surface area (Å²) in [7, 11) is 1.59. The minimum absolute atomic E-state index is 0.0848. The molecule has 37 heavy (non-hydrogen) atoms. The lowest BCUT2D eigenvalue weighted by Crippen LogP contribution is -2.49. The van der Waals surface area contributed by atoms with Crippen LogP contribution in [-0.4, -0.2) is 61.3 Å². The van der Waals surface area contributed by atoms with Crippen LogP contribution in [0.4, 0.5) is 13.2 Å². The van der Waals surface area contributed by atoms with Gasteiger partial charge in [0.2, 0.25) is 5.91 Å². The van der Waals surface area contributed by atoms with Gasteiger partial charge in [0.15, 0.2) is 0 Å². The summed E-state index contributed by atoms with van der Waals surface area (Å²) in [4.78, 5) is 20.3. The van der Waals surface area contributed by atoms with Crippen molar-refractivity contribution in [3.63, 3.8) is 0 Å². The summed E-state index contributed by atoms with van der Waals surface area (Å²) in [5, 5.41) is 3.76. The molecule has 3 heterocycles. The topological polar surface area (TPSA) is 63.7 Å². The number of nitrogens with one attached hydrogen (secondary N) is 1. The quantitative estimate of drug-likeness (QED) is 0.464. The molecule has 1 amide bonds. The molecule has 6 nitrogen and oxygen atoms in total. The van der Waals surface area contributed by atoms with Crippen molar-refractivity contribution >= 4 is 5.91 Å². The number of rotatable bonds is 9. The number of unbranched alkanes of at least 4 members (excludes halogenated alkanes) is 1. The smallest absolute Gasteiger partial charge is 0.385 e. The van der Waals surface area contributed by atoms with Gasteiger partial charge >= 0.3 is 6.18 Å². The van der Waals surface area contributed by atoms with Gasteiger partial charge in [-0.3, -0.25) is 9.78 Å². The van der Waals surface area contributed by atoms with Crippen LogP contribution < -0.4 is 5.32 Å². The Morgan fingerprint density at radius 1 is 1.24 bits per heavy atom. The Balaban J connectivity index is 1.48. The number of amides is 1. The van der Waals surface area contributed by atoms with Gasteiger partial charge in [-0.2, -0.15) is 13.2 Å². The summed E-state index contributed by atoms with van der Waals surface area (Å²) in [5.41, 5.74) is 0.183. The average Bonchev–Trinajstić information content (AvgIpc) is 3.30. The molecule has 0 unspecified atom stereocenters. The number of halogens is 3. The molecule has 9 heteroatoms. The molecule has 208 valence electrons. The Kier molecular flexibility index (Phi) is 9.17. The number of hydrogen-bond donors (Lipinski definition) is 1. The summed E-state index contributed by atoms with van der Waals surface area (Å²) in [5.74, 6) is 0.239. The number of methoxy groups -OCH3 is 1. The number of carbonyl (C=O) groups excluding carboxylic acids is 1. The zero-order valence-electron chi connectivity index (χ0n) is 22.5. The maximum absolute atomic E-state index is 14.0. The van der Waals surface area contributed by atoms with Gasteiger partial charge in [-0.1, -0.05) is 13.8 Å². The van der Waals surface area contributed by atoms with Crippen LogP contribution in [-0.2, 0) is 39.8 Å². The molecule has 1 aliphatic carbocycles. The fourth-order valence-electron chi connectivity index (χ4n) is 6.36. The van der Waals surface area contributed by atoms with E-state index in [1.807, 2.05) is 0 Å². The summed E-state index contributed by atoms with van der Waals surface area (Å²) in [6, 6.07) is 1.96. The standard InChI is InChI=1S/C28H42F3N3O3/c1-19(2)27(11-7-22(17-27)32-21-9-14-37-15-10-21)26(35)34-12-8-24-20(18-34)16-23(28(29,30)31)25(33-24)6-4-5-13-36-3/h16,19,21-22,32H,4-15,17-18H2,1-3H3/t22-,27-/m0/s1. The van der Waals surface area contributed by atoms with Crippen molar-refractivity contribution in [2.75, 3.05) is 33.5 Å². The van der Waals surface area contributed by atoms with Crippen molar-refractivity contribution in [1.29, 1.82) is 0 Å². The normalized spacial score (nSPS) is 25.1. The van der Waals surface area contributed by atoms with Crippen molar-refractivity contribution in [2.45, 2.75) is 96.4 Å². The second-order valence-electron chi connectivity index (χ2n) is 11.3. The third-order valence-corrected chi connectivity index (χ3v) is 8.63. The van der Waals surface area contributed by atoms with E-state index in [2.05, 4.69) is 24.1 Å². The van der Waals surface area contributed by atoms with Gasteiger partial charge in [-0.25, -0.2) is 0 Å². The zero-order valence-corrected chi connectivity index (χ0v) is 22.5. The number of alkyl halides is 3. The largest absolute Gasteiger partial charge is 0.418 e. The second kappa shape index (κ2) is 12.0. The van der Waals surface area contributed by atoms with E-state index in [-0.39, 0.29) is 36.5 Å². The van der Waals surface area contributed by atoms with E-state index in [9.17, 15) is 18.0 Å². The van der Waals surface area contributed by atoms with E-state index in [1.54, 1.807) is 12.0 Å². The predicted octanol–water partition coefficient (Wildman–Crippen LogP) is 4.92. The highest BCUT2D eigenvalue weighted by Gasteiger charge is 2.50. The highest BCUT2D eigenvalue weighted by Crippen LogP contribution is 2.47. The fourth-order valence-corrected chi connectivity index (χ4v) is 6.36. The van der Waals surface area contributed by atoms with Crippen LogP contribution in [0.2, 0.25) is 0 Å². The first-order valence-electron chi connectivity index (χ1n) is 13.8. The first-order chi connectivity index (χ1) is 17.6. The molecule has 0 radical (unpaired) electrons. The van der Waals surface area contributed by atoms with Gasteiger partial charge in [0.25, 0.3) is 0 Å². The maximum atomic E-state index is 14.0. The molecule has 2 aliphatic heterocycles. The van der Waals surface area contributed by atoms with Crippen LogP contribution in [0.15, 0.2) is 6.07 Å². The van der Waals surface area contributed by atoms with Crippen molar-refractivity contribution in [3.8, 4) is 0 Å². The molecule has 1 saturated heterocycles. The van der Waals surface area contributed by atoms with E-state index in [0.717, 1.165) is 45.3 Å². The Hall–Kier alpha value is -1.71. The second-order valence-corrected chi connectivity index (χ2v) is 11.3. The van der Waals surface area contributed by atoms with E-state index >= 15 is 0 Å². The molecule has 1 N–H and O–H groups in total. The minimum Gasteiger partial charge on any atom is -0.385 e. The summed E-state index contributed by atoms with van der Waals surface area (Å²) in [6.45, 7) is 6.97. The molecule has 2 atom stereocenters. The molecule has 3 aliphatic rings. The number of pyridine rings is 1. The molecule has 1 aromatic rings. The van der Waals surface area contributed by atoms with E-state index < -0.39 is 17.2 Å². The minimum atomic E-state index is -4.47. The molecule has 2 fully saturated rings. The van der Waals surface area contributed by atoms with Crippen molar-refractivity contribution < 1.29 is 27.4 Å². The van der Waals surface area contributed by atoms with Crippen LogP contribution in [0.25, 0.3) is 0 Å². The Morgan fingerprint density at radius 2 is 2.00 bits per heavy atom. The summed E-state index contributed by atoms with van der Waals surface area (Å²) < 4.78 is 52.3. The molecule has 0 aromatic carbocycles. The third-order valence-electron chi connectivity index (χ3n) is 8.63. The van der Waals surface area contributed by atoms with Crippen LogP contribution in [0.3, 0.4) is 0 Å². The molecule has 1 aromatic heterocycles. The molecule has 0 spiro atoms. The van der Waals surface area contributed by atoms with Crippen molar-refractivity contribution in [3.05, 3.63) is 28.6 Å². The molecule has 0 bridgehead atoms. The lowest BCUT2D eigenvalue weighted by atomic mass is 9.74. The number of aromatic nitrogens is 1. The lowest BCUT2D eigenvalue weighted by molar-refractivity contribution is -0.146. The monoisotopic (exact) mass is 525 g/mol. The predicted molar refractivity (Wildman–Crippen MR) is 135 cm³/mol. The number of nitrogens with zero attached hydrogens (tertiary/aromatic N) is 2. The average molecular weight is 526 g/mol. The Morgan fingerprint density at radius 3 is 2.68 bits per heavy atom. The highest BCUT2D eigenvalue weighted by molar-refractivity contribution is 5.83. The molecule has 4 rings (SSSR count). The van der Waals surface area contributed by atoms with Crippen LogP contribution >= 0.6 is 0 Å². The number of carbonyl (C=O) groups is 1. The van der Waals surface area contributed by atoms with Crippen LogP contribution in [0, 0.1) is 11.3 Å². The van der Waals surface area contributed by atoms with Gasteiger partial charge in [-0.05, 0) is 68.9 Å². The van der Waals surface area contributed by atoms with Gasteiger partial charge in [0, 0.05) is 64.2 Å².